The summed E-state index contributed by atoms with van der Waals surface area (Å²) in [4.78, 5) is 6.18. The Kier molecular flexibility index (Phi) is 2.86. The number of hydrogen-bond acceptors (Lipinski definition) is 4. The summed E-state index contributed by atoms with van der Waals surface area (Å²) in [6.45, 7) is 4.85. The third-order valence-corrected chi connectivity index (χ3v) is 3.28. The van der Waals surface area contributed by atoms with Crippen molar-refractivity contribution in [2.75, 3.05) is 18.0 Å². The highest BCUT2D eigenvalue weighted by Gasteiger charge is 2.35. The molecule has 0 unspecified atom stereocenters. The molecule has 0 aliphatic carbocycles. The van der Waals surface area contributed by atoms with E-state index in [0.29, 0.717) is 19.0 Å². The van der Waals surface area contributed by atoms with Crippen LogP contribution in [0.5, 0.6) is 0 Å². The fraction of sp³-hybridized carbons (Fsp3) is 0.778. The van der Waals surface area contributed by atoms with Gasteiger partial charge in [0.2, 0.25) is 11.6 Å². The summed E-state index contributed by atoms with van der Waals surface area (Å²) < 4.78 is 28.7. The lowest BCUT2D eigenvalue weighted by atomic mass is 10.0. The van der Waals surface area contributed by atoms with Gasteiger partial charge in [-0.3, -0.25) is 0 Å². The molecule has 0 amide bonds. The average Bonchev–Trinajstić information content (AvgIpc) is 2.49. The van der Waals surface area contributed by atoms with Crippen molar-refractivity contribution in [3.63, 3.8) is 0 Å². The van der Waals surface area contributed by atoms with Gasteiger partial charge in [0.05, 0.1) is 5.92 Å². The molecule has 2 heterocycles. The maximum atomic E-state index is 12.2. The molecule has 0 saturated carbocycles. The van der Waals surface area contributed by atoms with Crippen molar-refractivity contribution in [3.05, 3.63) is 5.82 Å². The first-order valence-electron chi connectivity index (χ1n) is 4.94. The number of anilines is 1. The lowest BCUT2D eigenvalue weighted by Gasteiger charge is -2.38. The first-order valence-corrected chi connectivity index (χ1v) is 5.72. The fourth-order valence-electron chi connectivity index (χ4n) is 1.42. The standard InChI is InChI=1S/C9H13F2N3S/c1-5(2)8-12-9(15-13-8)14-3-6(4-14)7(10)11/h5-7H,3-4H2,1-2H3. The molecule has 0 aromatic carbocycles. The van der Waals surface area contributed by atoms with Crippen LogP contribution in [0.1, 0.15) is 25.6 Å². The van der Waals surface area contributed by atoms with Crippen molar-refractivity contribution in [1.29, 1.82) is 0 Å². The van der Waals surface area contributed by atoms with Crippen LogP contribution < -0.4 is 4.90 Å². The normalized spacial score (nSPS) is 17.6. The number of alkyl halides is 2. The van der Waals surface area contributed by atoms with Crippen molar-refractivity contribution in [2.45, 2.75) is 26.2 Å². The smallest absolute Gasteiger partial charge is 0.244 e. The Bertz CT molecular complexity index is 334. The number of halogens is 2. The molecular weight excluding hydrogens is 220 g/mol. The maximum Gasteiger partial charge on any atom is 0.244 e. The first-order chi connectivity index (χ1) is 7.08. The summed E-state index contributed by atoms with van der Waals surface area (Å²) in [6, 6.07) is 0. The SMILES string of the molecule is CC(C)c1nsc(N2CC(C(F)F)C2)n1. The van der Waals surface area contributed by atoms with Crippen LogP contribution in [0.3, 0.4) is 0 Å². The highest BCUT2D eigenvalue weighted by molar-refractivity contribution is 7.09. The van der Waals surface area contributed by atoms with Crippen LogP contribution in [0, 0.1) is 5.92 Å². The zero-order chi connectivity index (χ0) is 11.0. The molecule has 84 valence electrons. The molecule has 1 aromatic heterocycles. The summed E-state index contributed by atoms with van der Waals surface area (Å²) >= 11 is 1.30. The van der Waals surface area contributed by atoms with Gasteiger partial charge in [-0.2, -0.15) is 4.37 Å². The zero-order valence-corrected chi connectivity index (χ0v) is 9.47. The molecule has 15 heavy (non-hydrogen) atoms. The molecule has 0 spiro atoms. The Morgan fingerprint density at radius 2 is 2.07 bits per heavy atom. The summed E-state index contributed by atoms with van der Waals surface area (Å²) in [5.41, 5.74) is 0. The summed E-state index contributed by atoms with van der Waals surface area (Å²) in [6.07, 6.45) is -2.21. The minimum absolute atomic E-state index is 0.294. The Morgan fingerprint density at radius 1 is 1.40 bits per heavy atom. The van der Waals surface area contributed by atoms with E-state index >= 15 is 0 Å². The van der Waals surface area contributed by atoms with Crippen LogP contribution in [0.25, 0.3) is 0 Å². The van der Waals surface area contributed by atoms with Gasteiger partial charge >= 0.3 is 0 Å². The van der Waals surface area contributed by atoms with E-state index in [9.17, 15) is 8.78 Å². The minimum Gasteiger partial charge on any atom is -0.346 e. The van der Waals surface area contributed by atoms with E-state index < -0.39 is 12.3 Å². The lowest BCUT2D eigenvalue weighted by molar-refractivity contribution is 0.0614. The highest BCUT2D eigenvalue weighted by Crippen LogP contribution is 2.30. The minimum atomic E-state index is -2.21. The van der Waals surface area contributed by atoms with Crippen LogP contribution >= 0.6 is 11.5 Å². The number of nitrogens with zero attached hydrogens (tertiary/aromatic N) is 3. The van der Waals surface area contributed by atoms with Gasteiger partial charge < -0.3 is 4.90 Å². The van der Waals surface area contributed by atoms with Gasteiger partial charge in [-0.25, -0.2) is 13.8 Å². The van der Waals surface area contributed by atoms with E-state index in [-0.39, 0.29) is 0 Å². The third-order valence-electron chi connectivity index (χ3n) is 2.48. The quantitative estimate of drug-likeness (QED) is 0.802. The number of rotatable bonds is 3. The molecule has 2 rings (SSSR count). The van der Waals surface area contributed by atoms with Gasteiger partial charge in [-0.1, -0.05) is 13.8 Å². The summed E-state index contributed by atoms with van der Waals surface area (Å²) in [5.74, 6) is 0.606. The molecule has 1 aliphatic heterocycles. The maximum absolute atomic E-state index is 12.2. The Morgan fingerprint density at radius 3 is 2.53 bits per heavy atom. The van der Waals surface area contributed by atoms with Crippen LogP contribution in [0.4, 0.5) is 13.9 Å². The average molecular weight is 233 g/mol. The van der Waals surface area contributed by atoms with Gasteiger partial charge in [-0.15, -0.1) is 0 Å². The second kappa shape index (κ2) is 4.00. The second-order valence-electron chi connectivity index (χ2n) is 4.09. The molecule has 0 radical (unpaired) electrons. The predicted octanol–water partition coefficient (Wildman–Crippen LogP) is 2.36. The fourth-order valence-corrected chi connectivity index (χ4v) is 2.24. The van der Waals surface area contributed by atoms with Gasteiger partial charge in [-0.05, 0) is 0 Å². The predicted molar refractivity (Wildman–Crippen MR) is 55.7 cm³/mol. The van der Waals surface area contributed by atoms with Gasteiger partial charge in [0.25, 0.3) is 0 Å². The molecule has 1 aliphatic rings. The van der Waals surface area contributed by atoms with Crippen molar-refractivity contribution < 1.29 is 8.78 Å². The molecule has 0 N–H and O–H groups in total. The molecule has 6 heteroatoms. The first kappa shape index (κ1) is 10.7. The number of aromatic nitrogens is 2. The van der Waals surface area contributed by atoms with Gasteiger partial charge in [0.15, 0.2) is 0 Å². The number of hydrogen-bond donors (Lipinski definition) is 0. The summed E-state index contributed by atoms with van der Waals surface area (Å²) in [5, 5.41) is 0.774. The molecule has 1 saturated heterocycles. The van der Waals surface area contributed by atoms with E-state index in [1.807, 2.05) is 18.7 Å². The van der Waals surface area contributed by atoms with Crippen LogP contribution in [-0.4, -0.2) is 28.9 Å². The van der Waals surface area contributed by atoms with Crippen LogP contribution in [0.2, 0.25) is 0 Å². The van der Waals surface area contributed by atoms with Crippen molar-refractivity contribution in [2.24, 2.45) is 5.92 Å². The van der Waals surface area contributed by atoms with Crippen LogP contribution in [0.15, 0.2) is 0 Å². The Labute approximate surface area is 91.3 Å². The Balaban J connectivity index is 1.95. The van der Waals surface area contributed by atoms with E-state index in [2.05, 4.69) is 9.36 Å². The zero-order valence-electron chi connectivity index (χ0n) is 8.65. The van der Waals surface area contributed by atoms with E-state index in [1.54, 1.807) is 0 Å². The molecule has 3 nitrogen and oxygen atoms in total. The van der Waals surface area contributed by atoms with Gasteiger partial charge in [0, 0.05) is 30.5 Å². The van der Waals surface area contributed by atoms with Gasteiger partial charge in [0.1, 0.15) is 5.82 Å². The third kappa shape index (κ3) is 2.09. The molecular formula is C9H13F2N3S. The molecule has 1 fully saturated rings. The lowest BCUT2D eigenvalue weighted by Crippen LogP contribution is -2.50. The monoisotopic (exact) mass is 233 g/mol. The second-order valence-corrected chi connectivity index (χ2v) is 4.82. The summed E-state index contributed by atoms with van der Waals surface area (Å²) in [7, 11) is 0. The van der Waals surface area contributed by atoms with Crippen LogP contribution in [-0.2, 0) is 0 Å². The topological polar surface area (TPSA) is 29.0 Å². The highest BCUT2D eigenvalue weighted by atomic mass is 32.1. The van der Waals surface area contributed by atoms with Crippen molar-refractivity contribution in [3.8, 4) is 0 Å². The van der Waals surface area contributed by atoms with E-state index in [0.717, 1.165) is 11.0 Å². The van der Waals surface area contributed by atoms with E-state index in [1.165, 1.54) is 11.5 Å². The van der Waals surface area contributed by atoms with E-state index in [4.69, 9.17) is 0 Å². The molecule has 1 aromatic rings. The van der Waals surface area contributed by atoms with Crippen molar-refractivity contribution in [1.82, 2.24) is 9.36 Å². The largest absolute Gasteiger partial charge is 0.346 e. The Hall–Kier alpha value is -0.780. The molecule has 0 bridgehead atoms. The molecule has 0 atom stereocenters. The van der Waals surface area contributed by atoms with Crippen molar-refractivity contribution >= 4 is 16.7 Å².